The van der Waals surface area contributed by atoms with E-state index in [1.54, 1.807) is 20.3 Å². The van der Waals surface area contributed by atoms with Crippen molar-refractivity contribution >= 4 is 17.0 Å². The maximum absolute atomic E-state index is 13.0. The van der Waals surface area contributed by atoms with Crippen LogP contribution in [-0.2, 0) is 9.47 Å². The summed E-state index contributed by atoms with van der Waals surface area (Å²) in [4.78, 5) is 7.22. The molecule has 0 unspecified atom stereocenters. The molecular weight excluding hydrogens is 225 g/mol. The van der Waals surface area contributed by atoms with Crippen molar-refractivity contribution in [1.29, 1.82) is 0 Å². The third-order valence-electron chi connectivity index (χ3n) is 2.41. The van der Waals surface area contributed by atoms with Crippen LogP contribution in [0.25, 0.3) is 11.0 Å². The molecule has 0 radical (unpaired) electrons. The molecule has 0 amide bonds. The molecule has 17 heavy (non-hydrogen) atoms. The monoisotopic (exact) mass is 239 g/mol. The van der Waals surface area contributed by atoms with E-state index in [0.29, 0.717) is 23.5 Å². The van der Waals surface area contributed by atoms with E-state index in [-0.39, 0.29) is 12.1 Å². The summed E-state index contributed by atoms with van der Waals surface area (Å²) >= 11 is 0. The van der Waals surface area contributed by atoms with Crippen molar-refractivity contribution in [1.82, 2.24) is 9.97 Å². The van der Waals surface area contributed by atoms with Gasteiger partial charge in [-0.3, -0.25) is 0 Å². The second-order valence-electron chi connectivity index (χ2n) is 3.53. The maximum Gasteiger partial charge on any atom is 0.201 e. The number of fused-ring (bicyclic) bond motifs is 1. The first-order chi connectivity index (χ1) is 8.22. The number of nitrogens with zero attached hydrogens (tertiary/aromatic N) is 1. The molecule has 0 saturated carbocycles. The molecule has 1 heterocycles. The number of halogens is 1. The topological polar surface area (TPSA) is 59.2 Å². The van der Waals surface area contributed by atoms with E-state index in [4.69, 9.17) is 9.47 Å². The molecule has 0 aliphatic rings. The fourth-order valence-corrected chi connectivity index (χ4v) is 1.51. The number of nitrogens with one attached hydrogen (secondary N) is 2. The van der Waals surface area contributed by atoms with Crippen LogP contribution in [0.2, 0.25) is 0 Å². The van der Waals surface area contributed by atoms with Crippen molar-refractivity contribution in [2.75, 3.05) is 26.1 Å². The standard InChI is InChI=1S/C11H14FN3O2/c1-16-10(17-2)6-13-11-14-8-4-3-7(12)5-9(8)15-11/h3-5,10H,6H2,1-2H3,(H2,13,14,15). The van der Waals surface area contributed by atoms with Gasteiger partial charge in [-0.15, -0.1) is 0 Å². The molecule has 2 rings (SSSR count). The number of aromatic nitrogens is 2. The number of ether oxygens (including phenoxy) is 2. The van der Waals surface area contributed by atoms with Gasteiger partial charge >= 0.3 is 0 Å². The number of rotatable bonds is 5. The average molecular weight is 239 g/mol. The highest BCUT2D eigenvalue weighted by molar-refractivity contribution is 5.77. The second-order valence-corrected chi connectivity index (χ2v) is 3.53. The smallest absolute Gasteiger partial charge is 0.201 e. The number of benzene rings is 1. The van der Waals surface area contributed by atoms with Gasteiger partial charge in [0, 0.05) is 14.2 Å². The van der Waals surface area contributed by atoms with Gasteiger partial charge in [-0.1, -0.05) is 0 Å². The van der Waals surface area contributed by atoms with E-state index in [1.165, 1.54) is 12.1 Å². The van der Waals surface area contributed by atoms with Crippen molar-refractivity contribution < 1.29 is 13.9 Å². The zero-order valence-electron chi connectivity index (χ0n) is 9.66. The first-order valence-corrected chi connectivity index (χ1v) is 5.17. The minimum absolute atomic E-state index is 0.292. The van der Waals surface area contributed by atoms with Crippen LogP contribution in [0.4, 0.5) is 10.3 Å². The van der Waals surface area contributed by atoms with Gasteiger partial charge in [-0.25, -0.2) is 9.37 Å². The zero-order chi connectivity index (χ0) is 12.3. The lowest BCUT2D eigenvalue weighted by Gasteiger charge is -2.13. The first-order valence-electron chi connectivity index (χ1n) is 5.17. The summed E-state index contributed by atoms with van der Waals surface area (Å²) in [6.07, 6.45) is -0.347. The highest BCUT2D eigenvalue weighted by Crippen LogP contribution is 2.15. The molecule has 0 aliphatic heterocycles. The van der Waals surface area contributed by atoms with E-state index in [0.717, 1.165) is 0 Å². The molecule has 1 aromatic carbocycles. The van der Waals surface area contributed by atoms with Crippen LogP contribution in [0, 0.1) is 5.82 Å². The van der Waals surface area contributed by atoms with Crippen LogP contribution in [0.15, 0.2) is 18.2 Å². The highest BCUT2D eigenvalue weighted by Gasteiger charge is 2.07. The Balaban J connectivity index is 2.09. The lowest BCUT2D eigenvalue weighted by molar-refractivity contribution is -0.0914. The molecule has 6 heteroatoms. The van der Waals surface area contributed by atoms with Crippen LogP contribution in [0.5, 0.6) is 0 Å². The van der Waals surface area contributed by atoms with E-state index < -0.39 is 0 Å². The third-order valence-corrected chi connectivity index (χ3v) is 2.41. The molecule has 0 spiro atoms. The van der Waals surface area contributed by atoms with Gasteiger partial charge in [0.15, 0.2) is 6.29 Å². The molecule has 0 aliphatic carbocycles. The molecule has 0 saturated heterocycles. The summed E-state index contributed by atoms with van der Waals surface area (Å²) in [5, 5.41) is 3.02. The van der Waals surface area contributed by atoms with Gasteiger partial charge in [0.1, 0.15) is 5.82 Å². The largest absolute Gasteiger partial charge is 0.354 e. The van der Waals surface area contributed by atoms with Gasteiger partial charge in [-0.2, -0.15) is 0 Å². The van der Waals surface area contributed by atoms with Gasteiger partial charge < -0.3 is 19.8 Å². The Labute approximate surface area is 97.9 Å². The maximum atomic E-state index is 13.0. The number of methoxy groups -OCH3 is 2. The minimum Gasteiger partial charge on any atom is -0.354 e. The zero-order valence-corrected chi connectivity index (χ0v) is 9.66. The molecule has 0 fully saturated rings. The minimum atomic E-state index is -0.347. The van der Waals surface area contributed by atoms with E-state index in [1.807, 2.05) is 0 Å². The van der Waals surface area contributed by atoms with Gasteiger partial charge in [0.2, 0.25) is 5.95 Å². The number of hydrogen-bond acceptors (Lipinski definition) is 4. The Morgan fingerprint density at radius 1 is 1.41 bits per heavy atom. The van der Waals surface area contributed by atoms with Crippen LogP contribution in [0.3, 0.4) is 0 Å². The Kier molecular flexibility index (Phi) is 3.55. The normalized spacial score (nSPS) is 11.3. The van der Waals surface area contributed by atoms with Gasteiger partial charge in [0.25, 0.3) is 0 Å². The highest BCUT2D eigenvalue weighted by atomic mass is 19.1. The molecule has 5 nitrogen and oxygen atoms in total. The molecule has 92 valence electrons. The van der Waals surface area contributed by atoms with Gasteiger partial charge in [0.05, 0.1) is 17.6 Å². The molecule has 2 aromatic rings. The lowest BCUT2D eigenvalue weighted by Crippen LogP contribution is -2.23. The first kappa shape index (κ1) is 11.8. The predicted octanol–water partition coefficient (Wildman–Crippen LogP) is 1.73. The summed E-state index contributed by atoms with van der Waals surface area (Å²) in [5.41, 5.74) is 1.36. The Bertz CT molecular complexity index is 496. The van der Waals surface area contributed by atoms with Crippen LogP contribution in [0.1, 0.15) is 0 Å². The summed E-state index contributed by atoms with van der Waals surface area (Å²) in [6.45, 7) is 0.454. The van der Waals surface area contributed by atoms with E-state index in [9.17, 15) is 4.39 Å². The van der Waals surface area contributed by atoms with Crippen LogP contribution in [-0.4, -0.2) is 37.0 Å². The van der Waals surface area contributed by atoms with E-state index in [2.05, 4.69) is 15.3 Å². The summed E-state index contributed by atoms with van der Waals surface area (Å²) in [5.74, 6) is 0.268. The van der Waals surface area contributed by atoms with Gasteiger partial charge in [-0.05, 0) is 18.2 Å². The van der Waals surface area contributed by atoms with Crippen molar-refractivity contribution in [3.8, 4) is 0 Å². The van der Waals surface area contributed by atoms with Crippen molar-refractivity contribution in [2.24, 2.45) is 0 Å². The molecule has 0 bridgehead atoms. The van der Waals surface area contributed by atoms with Crippen molar-refractivity contribution in [3.63, 3.8) is 0 Å². The summed E-state index contributed by atoms with van der Waals surface area (Å²) in [6, 6.07) is 4.40. The molecule has 2 N–H and O–H groups in total. The fourth-order valence-electron chi connectivity index (χ4n) is 1.51. The van der Waals surface area contributed by atoms with Crippen LogP contribution < -0.4 is 5.32 Å². The van der Waals surface area contributed by atoms with Crippen LogP contribution >= 0.6 is 0 Å². The predicted molar refractivity (Wildman–Crippen MR) is 62.3 cm³/mol. The fraction of sp³-hybridized carbons (Fsp3) is 0.364. The average Bonchev–Trinajstić information content (AvgIpc) is 2.72. The molecule has 0 atom stereocenters. The number of anilines is 1. The van der Waals surface area contributed by atoms with E-state index >= 15 is 0 Å². The molecule has 1 aromatic heterocycles. The summed E-state index contributed by atoms with van der Waals surface area (Å²) in [7, 11) is 3.12. The Morgan fingerprint density at radius 3 is 2.88 bits per heavy atom. The number of imidazole rings is 1. The lowest BCUT2D eigenvalue weighted by atomic mass is 10.3. The van der Waals surface area contributed by atoms with Crippen molar-refractivity contribution in [2.45, 2.75) is 6.29 Å². The summed E-state index contributed by atoms with van der Waals surface area (Å²) < 4.78 is 23.0. The Hall–Kier alpha value is -1.66. The molecular formula is C11H14FN3O2. The SMILES string of the molecule is COC(CNc1nc2ccc(F)cc2[nH]1)OC. The Morgan fingerprint density at radius 2 is 2.18 bits per heavy atom. The number of H-pyrrole nitrogens is 1. The number of hydrogen-bond donors (Lipinski definition) is 2. The third kappa shape index (κ3) is 2.72. The number of aromatic amines is 1. The van der Waals surface area contributed by atoms with Crippen molar-refractivity contribution in [3.05, 3.63) is 24.0 Å². The quantitative estimate of drug-likeness (QED) is 0.780. The second kappa shape index (κ2) is 5.11.